The van der Waals surface area contributed by atoms with E-state index in [1.54, 1.807) is 24.5 Å². The van der Waals surface area contributed by atoms with Crippen LogP contribution in [0.2, 0.25) is 0 Å². The van der Waals surface area contributed by atoms with E-state index in [0.29, 0.717) is 31.1 Å². The van der Waals surface area contributed by atoms with Gasteiger partial charge in [0.25, 0.3) is 5.91 Å². The van der Waals surface area contributed by atoms with Gasteiger partial charge in [-0.3, -0.25) is 9.59 Å². The lowest BCUT2D eigenvalue weighted by molar-refractivity contribution is -0.140. The van der Waals surface area contributed by atoms with Gasteiger partial charge < -0.3 is 14.7 Å². The molecule has 2 aromatic rings. The fourth-order valence-electron chi connectivity index (χ4n) is 5.61. The Kier molecular flexibility index (Phi) is 4.41. The van der Waals surface area contributed by atoms with Crippen LogP contribution in [0.25, 0.3) is 0 Å². The first-order valence-electron chi connectivity index (χ1n) is 10.4. The van der Waals surface area contributed by atoms with Gasteiger partial charge >= 0.3 is 0 Å². The zero-order valence-electron chi connectivity index (χ0n) is 17.1. The van der Waals surface area contributed by atoms with Crippen molar-refractivity contribution in [3.63, 3.8) is 0 Å². The van der Waals surface area contributed by atoms with Crippen LogP contribution in [0.3, 0.4) is 0 Å². The minimum Gasteiger partial charge on any atom is -0.345 e. The molecule has 156 valence electrons. The number of fused-ring (bicyclic) bond motifs is 1. The smallest absolute Gasteiger partial charge is 0.255 e. The highest BCUT2D eigenvalue weighted by molar-refractivity contribution is 5.94. The van der Waals surface area contributed by atoms with E-state index >= 15 is 0 Å². The number of carbonyl (C=O) groups is 2. The molecule has 3 fully saturated rings. The van der Waals surface area contributed by atoms with Crippen molar-refractivity contribution in [2.24, 2.45) is 10.8 Å². The Balaban J connectivity index is 1.42. The topological polar surface area (TPSA) is 95.4 Å². The Hall–Kier alpha value is -3.10. The average molecular weight is 407 g/mol. The summed E-state index contributed by atoms with van der Waals surface area (Å²) in [5.74, 6) is 0.876. The second-order valence-electron chi connectivity index (χ2n) is 8.67. The standard InChI is InChI=1S/C21H25N7O2/c1-26-10-6-21(18(26)30)15-28(19-22-7-2-8-23-19)14-20(21)4-11-27(12-5-20)17(29)16-3-9-24-25-13-16/h2-3,7-9,13H,4-6,10-12,14-15H2,1H3/t21-/m1/s1. The maximum absolute atomic E-state index is 13.4. The fourth-order valence-corrected chi connectivity index (χ4v) is 5.61. The number of anilines is 1. The molecule has 2 amide bonds. The minimum absolute atomic E-state index is 0.0232. The van der Waals surface area contributed by atoms with E-state index in [2.05, 4.69) is 25.1 Å². The van der Waals surface area contributed by atoms with Crippen molar-refractivity contribution in [1.29, 1.82) is 0 Å². The predicted octanol–water partition coefficient (Wildman–Crippen LogP) is 0.858. The van der Waals surface area contributed by atoms with Crippen LogP contribution < -0.4 is 4.90 Å². The Labute approximate surface area is 175 Å². The number of aromatic nitrogens is 4. The second kappa shape index (κ2) is 7.00. The molecule has 9 nitrogen and oxygen atoms in total. The number of carbonyl (C=O) groups excluding carboxylic acids is 2. The van der Waals surface area contributed by atoms with Gasteiger partial charge in [-0.1, -0.05) is 0 Å². The van der Waals surface area contributed by atoms with Crippen molar-refractivity contribution in [1.82, 2.24) is 30.0 Å². The van der Waals surface area contributed by atoms with Gasteiger partial charge in [-0.15, -0.1) is 0 Å². The van der Waals surface area contributed by atoms with Crippen LogP contribution in [-0.4, -0.2) is 81.6 Å². The normalized spacial score (nSPS) is 25.5. The van der Waals surface area contributed by atoms with Gasteiger partial charge in [-0.2, -0.15) is 10.2 Å². The Bertz CT molecular complexity index is 946. The number of likely N-dealkylation sites (tertiary alicyclic amines) is 2. The number of nitrogens with zero attached hydrogens (tertiary/aromatic N) is 7. The summed E-state index contributed by atoms with van der Waals surface area (Å²) in [5, 5.41) is 7.57. The van der Waals surface area contributed by atoms with Gasteiger partial charge in [-0.05, 0) is 31.4 Å². The first-order valence-corrected chi connectivity index (χ1v) is 10.4. The van der Waals surface area contributed by atoms with E-state index in [-0.39, 0.29) is 17.2 Å². The fraction of sp³-hybridized carbons (Fsp3) is 0.524. The molecule has 0 saturated carbocycles. The van der Waals surface area contributed by atoms with Crippen LogP contribution in [0.5, 0.6) is 0 Å². The second-order valence-corrected chi connectivity index (χ2v) is 8.67. The lowest BCUT2D eigenvalue weighted by Gasteiger charge is -2.46. The number of rotatable bonds is 2. The highest BCUT2D eigenvalue weighted by Gasteiger charge is 2.65. The van der Waals surface area contributed by atoms with Gasteiger partial charge in [0.15, 0.2) is 0 Å². The largest absolute Gasteiger partial charge is 0.345 e. The third-order valence-electron chi connectivity index (χ3n) is 7.27. The molecule has 0 N–H and O–H groups in total. The molecular weight excluding hydrogens is 382 g/mol. The van der Waals surface area contributed by atoms with Crippen LogP contribution >= 0.6 is 0 Å². The number of piperidine rings is 1. The summed E-state index contributed by atoms with van der Waals surface area (Å²) in [5.41, 5.74) is -0.0617. The van der Waals surface area contributed by atoms with Gasteiger partial charge in [-0.25, -0.2) is 9.97 Å². The van der Waals surface area contributed by atoms with Crippen molar-refractivity contribution in [3.05, 3.63) is 42.5 Å². The lowest BCUT2D eigenvalue weighted by Crippen LogP contribution is -2.53. The number of hydrogen-bond acceptors (Lipinski definition) is 7. The van der Waals surface area contributed by atoms with Crippen molar-refractivity contribution >= 4 is 17.8 Å². The van der Waals surface area contributed by atoms with Gasteiger partial charge in [0, 0.05) is 57.6 Å². The molecule has 0 aliphatic carbocycles. The Morgan fingerprint density at radius 1 is 1.00 bits per heavy atom. The summed E-state index contributed by atoms with van der Waals surface area (Å²) in [6, 6.07) is 3.50. The highest BCUT2D eigenvalue weighted by atomic mass is 16.2. The summed E-state index contributed by atoms with van der Waals surface area (Å²) in [4.78, 5) is 41.0. The van der Waals surface area contributed by atoms with E-state index in [9.17, 15) is 9.59 Å². The third kappa shape index (κ3) is 2.75. The average Bonchev–Trinajstić information content (AvgIpc) is 3.28. The Morgan fingerprint density at radius 3 is 2.40 bits per heavy atom. The van der Waals surface area contributed by atoms with E-state index < -0.39 is 5.41 Å². The number of amides is 2. The Morgan fingerprint density at radius 2 is 1.77 bits per heavy atom. The first kappa shape index (κ1) is 18.9. The van der Waals surface area contributed by atoms with E-state index in [0.717, 1.165) is 32.4 Å². The minimum atomic E-state index is -0.436. The molecule has 5 rings (SSSR count). The molecule has 9 heteroatoms. The zero-order valence-corrected chi connectivity index (χ0v) is 17.1. The molecule has 30 heavy (non-hydrogen) atoms. The molecular formula is C21H25N7O2. The van der Waals surface area contributed by atoms with Gasteiger partial charge in [0.05, 0.1) is 23.4 Å². The third-order valence-corrected chi connectivity index (χ3v) is 7.27. The zero-order chi connectivity index (χ0) is 20.8. The van der Waals surface area contributed by atoms with Crippen molar-refractivity contribution < 1.29 is 9.59 Å². The van der Waals surface area contributed by atoms with E-state index in [4.69, 9.17) is 0 Å². The summed E-state index contributed by atoms with van der Waals surface area (Å²) < 4.78 is 0. The summed E-state index contributed by atoms with van der Waals surface area (Å²) in [7, 11) is 1.89. The molecule has 3 saturated heterocycles. The molecule has 2 spiro atoms. The van der Waals surface area contributed by atoms with Crippen LogP contribution in [0.15, 0.2) is 36.9 Å². The molecule has 2 aromatic heterocycles. The quantitative estimate of drug-likeness (QED) is 0.728. The van der Waals surface area contributed by atoms with E-state index in [1.807, 2.05) is 16.8 Å². The van der Waals surface area contributed by atoms with Crippen molar-refractivity contribution in [2.75, 3.05) is 44.7 Å². The molecule has 3 aliphatic heterocycles. The molecule has 0 bridgehead atoms. The molecule has 5 heterocycles. The van der Waals surface area contributed by atoms with Crippen LogP contribution in [0.1, 0.15) is 29.6 Å². The molecule has 0 radical (unpaired) electrons. The summed E-state index contributed by atoms with van der Waals surface area (Å²) in [6.07, 6.45) is 8.95. The predicted molar refractivity (Wildman–Crippen MR) is 109 cm³/mol. The van der Waals surface area contributed by atoms with Crippen LogP contribution in [-0.2, 0) is 4.79 Å². The number of hydrogen-bond donors (Lipinski definition) is 0. The van der Waals surface area contributed by atoms with Crippen LogP contribution in [0.4, 0.5) is 5.95 Å². The molecule has 0 unspecified atom stereocenters. The molecule has 3 aliphatic rings. The van der Waals surface area contributed by atoms with Crippen molar-refractivity contribution in [2.45, 2.75) is 19.3 Å². The molecule has 0 aromatic carbocycles. The first-order chi connectivity index (χ1) is 14.5. The SMILES string of the molecule is CN1CC[C@@]2(CN(c3ncccn3)CC23CCN(C(=O)c2ccnnc2)CC3)C1=O. The van der Waals surface area contributed by atoms with Gasteiger partial charge in [0.2, 0.25) is 11.9 Å². The highest BCUT2D eigenvalue weighted by Crippen LogP contribution is 2.58. The van der Waals surface area contributed by atoms with Crippen LogP contribution in [0, 0.1) is 10.8 Å². The maximum Gasteiger partial charge on any atom is 0.255 e. The maximum atomic E-state index is 13.4. The molecule has 1 atom stereocenters. The van der Waals surface area contributed by atoms with E-state index in [1.165, 1.54) is 12.4 Å². The summed E-state index contributed by atoms with van der Waals surface area (Å²) in [6.45, 7) is 3.42. The lowest BCUT2D eigenvalue weighted by atomic mass is 9.60. The summed E-state index contributed by atoms with van der Waals surface area (Å²) >= 11 is 0. The van der Waals surface area contributed by atoms with Gasteiger partial charge in [0.1, 0.15) is 0 Å². The monoisotopic (exact) mass is 407 g/mol. The van der Waals surface area contributed by atoms with Crippen molar-refractivity contribution in [3.8, 4) is 0 Å².